The van der Waals surface area contributed by atoms with Gasteiger partial charge in [-0.2, -0.15) is 11.8 Å². The number of halogens is 1. The largest absolute Gasteiger partial charge is 0.356 e. The Labute approximate surface area is 157 Å². The molecule has 0 spiro atoms. The van der Waals surface area contributed by atoms with E-state index in [0.717, 1.165) is 34.6 Å². The number of nitrogens with zero attached hydrogens (tertiary/aromatic N) is 1. The Balaban J connectivity index is 2.26. The molecular weight excluding hydrogens is 388 g/mol. The summed E-state index contributed by atoms with van der Waals surface area (Å²) in [5.74, 6) is 1.92. The quantitative estimate of drug-likeness (QED) is 0.329. The van der Waals surface area contributed by atoms with Gasteiger partial charge in [0.05, 0.1) is 0 Å². The molecule has 0 aliphatic rings. The van der Waals surface area contributed by atoms with Crippen molar-refractivity contribution in [2.75, 3.05) is 37.5 Å². The molecule has 0 bridgehead atoms. The second-order valence-electron chi connectivity index (χ2n) is 5.38. The maximum atomic E-state index is 12.0. The van der Waals surface area contributed by atoms with Crippen molar-refractivity contribution in [1.29, 1.82) is 0 Å². The lowest BCUT2D eigenvalue weighted by Gasteiger charge is -2.12. The van der Waals surface area contributed by atoms with Crippen molar-refractivity contribution in [3.05, 3.63) is 28.2 Å². The fourth-order valence-corrected chi connectivity index (χ4v) is 3.04. The molecule has 1 aromatic carbocycles. The van der Waals surface area contributed by atoms with Crippen LogP contribution in [0.5, 0.6) is 0 Å². The molecule has 0 aliphatic carbocycles. The lowest BCUT2D eigenvalue weighted by atomic mass is 10.2. The molecule has 0 saturated carbocycles. The molecule has 0 unspecified atom stereocenters. The minimum absolute atomic E-state index is 0.0108. The average Bonchev–Trinajstić information content (AvgIpc) is 2.55. The molecule has 5 nitrogen and oxygen atoms in total. The van der Waals surface area contributed by atoms with E-state index in [1.807, 2.05) is 36.9 Å². The van der Waals surface area contributed by atoms with Gasteiger partial charge in [0.15, 0.2) is 5.96 Å². The fraction of sp³-hybridized carbons (Fsp3) is 0.529. The molecule has 0 radical (unpaired) electrons. The van der Waals surface area contributed by atoms with Crippen LogP contribution < -0.4 is 16.0 Å². The standard InChI is InChI=1S/C17H27BrN4OS/c1-13-12-14(18)6-7-15(13)22-16(23)8-10-21-17(19-2)20-9-4-5-11-24-3/h6-7,12H,4-5,8-11H2,1-3H3,(H,22,23)(H2,19,20,21). The summed E-state index contributed by atoms with van der Waals surface area (Å²) in [7, 11) is 1.74. The van der Waals surface area contributed by atoms with Gasteiger partial charge in [0, 0.05) is 36.7 Å². The normalized spacial score (nSPS) is 11.2. The highest BCUT2D eigenvalue weighted by Gasteiger charge is 2.05. The van der Waals surface area contributed by atoms with Crippen LogP contribution in [0.25, 0.3) is 0 Å². The van der Waals surface area contributed by atoms with E-state index in [4.69, 9.17) is 0 Å². The van der Waals surface area contributed by atoms with Gasteiger partial charge in [-0.1, -0.05) is 15.9 Å². The third-order valence-electron chi connectivity index (χ3n) is 3.40. The number of hydrogen-bond donors (Lipinski definition) is 3. The van der Waals surface area contributed by atoms with E-state index in [1.165, 1.54) is 12.2 Å². The summed E-state index contributed by atoms with van der Waals surface area (Å²) >= 11 is 5.28. The molecule has 24 heavy (non-hydrogen) atoms. The van der Waals surface area contributed by atoms with Gasteiger partial charge in [0.25, 0.3) is 0 Å². The van der Waals surface area contributed by atoms with Gasteiger partial charge in [-0.25, -0.2) is 0 Å². The fourth-order valence-electron chi connectivity index (χ4n) is 2.07. The Kier molecular flexibility index (Phi) is 10.6. The SMILES string of the molecule is CN=C(NCCCCSC)NCCC(=O)Nc1ccc(Br)cc1C. The van der Waals surface area contributed by atoms with Crippen molar-refractivity contribution in [3.63, 3.8) is 0 Å². The van der Waals surface area contributed by atoms with Crippen LogP contribution in [0.15, 0.2) is 27.7 Å². The highest BCUT2D eigenvalue weighted by atomic mass is 79.9. The molecule has 7 heteroatoms. The van der Waals surface area contributed by atoms with Gasteiger partial charge in [0.1, 0.15) is 0 Å². The molecule has 0 heterocycles. The van der Waals surface area contributed by atoms with E-state index in [2.05, 4.69) is 43.1 Å². The summed E-state index contributed by atoms with van der Waals surface area (Å²) in [5.41, 5.74) is 1.88. The number of anilines is 1. The first-order valence-corrected chi connectivity index (χ1v) is 10.2. The molecule has 1 aromatic rings. The maximum absolute atomic E-state index is 12.0. The third kappa shape index (κ3) is 8.59. The topological polar surface area (TPSA) is 65.5 Å². The number of amides is 1. The summed E-state index contributed by atoms with van der Waals surface area (Å²) in [6.07, 6.45) is 4.82. The smallest absolute Gasteiger partial charge is 0.226 e. The monoisotopic (exact) mass is 414 g/mol. The Morgan fingerprint density at radius 1 is 1.25 bits per heavy atom. The lowest BCUT2D eigenvalue weighted by Crippen LogP contribution is -2.39. The molecule has 3 N–H and O–H groups in total. The molecule has 0 fully saturated rings. The summed E-state index contributed by atoms with van der Waals surface area (Å²) in [6, 6.07) is 5.81. The first-order chi connectivity index (χ1) is 11.6. The van der Waals surface area contributed by atoms with Gasteiger partial charge in [-0.05, 0) is 55.5 Å². The zero-order valence-electron chi connectivity index (χ0n) is 14.6. The van der Waals surface area contributed by atoms with Crippen molar-refractivity contribution in [2.24, 2.45) is 4.99 Å². The van der Waals surface area contributed by atoms with Crippen LogP contribution >= 0.6 is 27.7 Å². The highest BCUT2D eigenvalue weighted by Crippen LogP contribution is 2.19. The number of carbonyl (C=O) groups excluding carboxylic acids is 1. The van der Waals surface area contributed by atoms with Crippen molar-refractivity contribution in [1.82, 2.24) is 10.6 Å². The van der Waals surface area contributed by atoms with Gasteiger partial charge in [0.2, 0.25) is 5.91 Å². The Bertz CT molecular complexity index is 551. The van der Waals surface area contributed by atoms with Crippen LogP contribution in [-0.4, -0.2) is 44.0 Å². The number of benzene rings is 1. The maximum Gasteiger partial charge on any atom is 0.226 e. The molecule has 0 atom stereocenters. The predicted molar refractivity (Wildman–Crippen MR) is 109 cm³/mol. The van der Waals surface area contributed by atoms with Crippen molar-refractivity contribution in [3.8, 4) is 0 Å². The van der Waals surface area contributed by atoms with E-state index < -0.39 is 0 Å². The summed E-state index contributed by atoms with van der Waals surface area (Å²) < 4.78 is 1.01. The zero-order valence-corrected chi connectivity index (χ0v) is 17.0. The molecule has 134 valence electrons. The van der Waals surface area contributed by atoms with E-state index in [0.29, 0.717) is 13.0 Å². The van der Waals surface area contributed by atoms with Crippen LogP contribution in [0, 0.1) is 6.92 Å². The zero-order chi connectivity index (χ0) is 17.8. The van der Waals surface area contributed by atoms with Gasteiger partial charge >= 0.3 is 0 Å². The summed E-state index contributed by atoms with van der Waals surface area (Å²) in [6.45, 7) is 3.41. The van der Waals surface area contributed by atoms with E-state index in [9.17, 15) is 4.79 Å². The highest BCUT2D eigenvalue weighted by molar-refractivity contribution is 9.10. The number of hydrogen-bond acceptors (Lipinski definition) is 3. The summed E-state index contributed by atoms with van der Waals surface area (Å²) in [4.78, 5) is 16.2. The Morgan fingerprint density at radius 2 is 2.00 bits per heavy atom. The average molecular weight is 415 g/mol. The number of unbranched alkanes of at least 4 members (excludes halogenated alkanes) is 1. The van der Waals surface area contributed by atoms with Gasteiger partial charge in [-0.3, -0.25) is 9.79 Å². The van der Waals surface area contributed by atoms with Crippen LogP contribution in [0.1, 0.15) is 24.8 Å². The molecule has 1 amide bonds. The number of carbonyl (C=O) groups is 1. The minimum atomic E-state index is -0.0108. The number of rotatable bonds is 9. The van der Waals surface area contributed by atoms with Crippen molar-refractivity contribution >= 4 is 45.2 Å². The number of nitrogens with one attached hydrogen (secondary N) is 3. The van der Waals surface area contributed by atoms with Crippen LogP contribution in [-0.2, 0) is 4.79 Å². The summed E-state index contributed by atoms with van der Waals surface area (Å²) in [5, 5.41) is 9.36. The van der Waals surface area contributed by atoms with E-state index >= 15 is 0 Å². The Hall–Kier alpha value is -1.21. The van der Waals surface area contributed by atoms with Crippen molar-refractivity contribution in [2.45, 2.75) is 26.2 Å². The lowest BCUT2D eigenvalue weighted by molar-refractivity contribution is -0.116. The second-order valence-corrected chi connectivity index (χ2v) is 7.28. The first-order valence-electron chi connectivity index (χ1n) is 8.06. The second kappa shape index (κ2) is 12.2. The number of thioether (sulfide) groups is 1. The van der Waals surface area contributed by atoms with Crippen molar-refractivity contribution < 1.29 is 4.79 Å². The molecule has 0 aliphatic heterocycles. The number of guanidine groups is 1. The molecule has 1 rings (SSSR count). The molecule has 0 aromatic heterocycles. The molecular formula is C17H27BrN4OS. The molecule has 0 saturated heterocycles. The van der Waals surface area contributed by atoms with E-state index in [-0.39, 0.29) is 5.91 Å². The van der Waals surface area contributed by atoms with Gasteiger partial charge in [-0.15, -0.1) is 0 Å². The predicted octanol–water partition coefficient (Wildman–Crippen LogP) is 3.39. The minimum Gasteiger partial charge on any atom is -0.356 e. The van der Waals surface area contributed by atoms with E-state index in [1.54, 1.807) is 7.05 Å². The van der Waals surface area contributed by atoms with Gasteiger partial charge < -0.3 is 16.0 Å². The number of aryl methyl sites for hydroxylation is 1. The third-order valence-corrected chi connectivity index (χ3v) is 4.59. The van der Waals surface area contributed by atoms with Crippen LogP contribution in [0.4, 0.5) is 5.69 Å². The van der Waals surface area contributed by atoms with Crippen LogP contribution in [0.3, 0.4) is 0 Å². The Morgan fingerprint density at radius 3 is 2.67 bits per heavy atom. The first kappa shape index (κ1) is 20.8. The number of aliphatic imine (C=N–C) groups is 1. The van der Waals surface area contributed by atoms with Crippen LogP contribution in [0.2, 0.25) is 0 Å².